The van der Waals surface area contributed by atoms with Crippen molar-refractivity contribution in [2.45, 2.75) is 75.9 Å². The van der Waals surface area contributed by atoms with Crippen LogP contribution >= 0.6 is 11.8 Å². The van der Waals surface area contributed by atoms with E-state index in [0.29, 0.717) is 5.75 Å². The Morgan fingerprint density at radius 2 is 1.84 bits per heavy atom. The number of phenols is 1. The molecule has 0 saturated carbocycles. The molecule has 0 radical (unpaired) electrons. The number of unbranched alkanes of at least 4 members (excludes halogenated alkanes) is 2. The van der Waals surface area contributed by atoms with E-state index in [0.717, 1.165) is 18.4 Å². The molecule has 1 N–H and O–H groups in total. The van der Waals surface area contributed by atoms with Gasteiger partial charge in [-0.2, -0.15) is 0 Å². The highest BCUT2D eigenvalue weighted by Crippen LogP contribution is 2.38. The zero-order valence-corrected chi connectivity index (χ0v) is 13.6. The van der Waals surface area contributed by atoms with Gasteiger partial charge in [-0.15, -0.1) is 11.8 Å². The lowest BCUT2D eigenvalue weighted by molar-refractivity contribution is 0.467. The third-order valence-electron chi connectivity index (χ3n) is 3.35. The van der Waals surface area contributed by atoms with Gasteiger partial charge in [0.2, 0.25) is 0 Å². The Bertz CT molecular complexity index is 385. The summed E-state index contributed by atoms with van der Waals surface area (Å²) in [5, 5.41) is 9.83. The average molecular weight is 280 g/mol. The molecule has 2 heteroatoms. The second kappa shape index (κ2) is 7.84. The van der Waals surface area contributed by atoms with E-state index in [2.05, 4.69) is 33.8 Å². The molecule has 19 heavy (non-hydrogen) atoms. The Labute approximate surface area is 122 Å². The maximum atomic E-state index is 9.83. The molecule has 0 bridgehead atoms. The number of aromatic hydroxyl groups is 1. The van der Waals surface area contributed by atoms with Crippen LogP contribution in [0.1, 0.15) is 65.4 Å². The van der Waals surface area contributed by atoms with Gasteiger partial charge < -0.3 is 5.11 Å². The largest absolute Gasteiger partial charge is 0.508 e. The summed E-state index contributed by atoms with van der Waals surface area (Å²) in [7, 11) is 0. The van der Waals surface area contributed by atoms with Crippen molar-refractivity contribution in [2.75, 3.05) is 0 Å². The number of hydrogen-bond acceptors (Lipinski definition) is 2. The first-order chi connectivity index (χ1) is 8.98. The van der Waals surface area contributed by atoms with Gasteiger partial charge in [0.1, 0.15) is 5.75 Å². The fourth-order valence-corrected chi connectivity index (χ4v) is 3.49. The van der Waals surface area contributed by atoms with E-state index >= 15 is 0 Å². The molecule has 0 aliphatic rings. The van der Waals surface area contributed by atoms with E-state index < -0.39 is 0 Å². The van der Waals surface area contributed by atoms with E-state index in [-0.39, 0.29) is 4.75 Å². The first kappa shape index (κ1) is 16.4. The zero-order valence-electron chi connectivity index (χ0n) is 12.8. The molecule has 0 fully saturated rings. The highest BCUT2D eigenvalue weighted by atomic mass is 32.2. The van der Waals surface area contributed by atoms with Crippen LogP contribution in [0.25, 0.3) is 0 Å². The van der Waals surface area contributed by atoms with Crippen LogP contribution in [0, 0.1) is 0 Å². The topological polar surface area (TPSA) is 20.2 Å². The van der Waals surface area contributed by atoms with Crippen LogP contribution < -0.4 is 0 Å². The van der Waals surface area contributed by atoms with Crippen molar-refractivity contribution < 1.29 is 5.11 Å². The minimum absolute atomic E-state index is 0.273. The molecule has 0 heterocycles. The summed E-state index contributed by atoms with van der Waals surface area (Å²) in [6.45, 7) is 9.03. The summed E-state index contributed by atoms with van der Waals surface area (Å²) in [6, 6.07) is 6.04. The molecule has 1 aromatic carbocycles. The first-order valence-corrected chi connectivity index (χ1v) is 8.31. The van der Waals surface area contributed by atoms with E-state index in [1.165, 1.54) is 30.6 Å². The van der Waals surface area contributed by atoms with Gasteiger partial charge in [0.15, 0.2) is 0 Å². The highest BCUT2D eigenvalue weighted by molar-refractivity contribution is 8.00. The van der Waals surface area contributed by atoms with Crippen LogP contribution in [0.3, 0.4) is 0 Å². The molecule has 1 aromatic rings. The Hall–Kier alpha value is -0.630. The highest BCUT2D eigenvalue weighted by Gasteiger charge is 2.19. The van der Waals surface area contributed by atoms with Crippen molar-refractivity contribution in [3.63, 3.8) is 0 Å². The standard InChI is InChI=1S/C17H28OS/c1-5-7-8-12-17(3,4)19-15-10-11-16(18)14(13-15)9-6-2/h10-11,13,18H,5-9,12H2,1-4H3. The lowest BCUT2D eigenvalue weighted by atomic mass is 10.0. The maximum absolute atomic E-state index is 9.83. The second-order valence-electron chi connectivity index (χ2n) is 5.86. The summed E-state index contributed by atoms with van der Waals surface area (Å²) in [6.07, 6.45) is 7.17. The zero-order chi connectivity index (χ0) is 14.3. The molecular formula is C17H28OS. The summed E-state index contributed by atoms with van der Waals surface area (Å²) >= 11 is 1.93. The third-order valence-corrected chi connectivity index (χ3v) is 4.59. The lowest BCUT2D eigenvalue weighted by Gasteiger charge is -2.24. The molecule has 0 aromatic heterocycles. The van der Waals surface area contributed by atoms with Gasteiger partial charge in [0.25, 0.3) is 0 Å². The number of aryl methyl sites for hydroxylation is 1. The SMILES string of the molecule is CCCCCC(C)(C)Sc1ccc(O)c(CCC)c1. The second-order valence-corrected chi connectivity index (χ2v) is 7.64. The minimum atomic E-state index is 0.273. The molecule has 0 aliphatic heterocycles. The molecule has 1 nitrogen and oxygen atoms in total. The summed E-state index contributed by atoms with van der Waals surface area (Å²) < 4.78 is 0.273. The third kappa shape index (κ3) is 5.90. The van der Waals surface area contributed by atoms with Crippen LogP contribution in [0.5, 0.6) is 5.75 Å². The molecule has 0 atom stereocenters. The van der Waals surface area contributed by atoms with Crippen molar-refractivity contribution in [1.82, 2.24) is 0 Å². The van der Waals surface area contributed by atoms with Crippen LogP contribution in [-0.4, -0.2) is 9.85 Å². The van der Waals surface area contributed by atoms with Gasteiger partial charge in [-0.3, -0.25) is 0 Å². The number of thioether (sulfide) groups is 1. The number of hydrogen-bond donors (Lipinski definition) is 1. The Kier molecular flexibility index (Phi) is 6.78. The van der Waals surface area contributed by atoms with Gasteiger partial charge in [-0.05, 0) is 36.6 Å². The van der Waals surface area contributed by atoms with E-state index in [4.69, 9.17) is 0 Å². The van der Waals surface area contributed by atoms with Gasteiger partial charge >= 0.3 is 0 Å². The summed E-state index contributed by atoms with van der Waals surface area (Å²) in [5.41, 5.74) is 1.08. The first-order valence-electron chi connectivity index (χ1n) is 7.49. The maximum Gasteiger partial charge on any atom is 0.118 e. The summed E-state index contributed by atoms with van der Waals surface area (Å²) in [4.78, 5) is 1.28. The molecule has 0 amide bonds. The van der Waals surface area contributed by atoms with E-state index in [1.807, 2.05) is 23.9 Å². The number of benzene rings is 1. The Balaban J connectivity index is 2.67. The molecule has 0 spiro atoms. The molecule has 108 valence electrons. The van der Waals surface area contributed by atoms with Gasteiger partial charge in [0.05, 0.1) is 0 Å². The van der Waals surface area contributed by atoms with Gasteiger partial charge in [-0.1, -0.05) is 53.4 Å². The van der Waals surface area contributed by atoms with Gasteiger partial charge in [0, 0.05) is 9.64 Å². The van der Waals surface area contributed by atoms with Gasteiger partial charge in [-0.25, -0.2) is 0 Å². The van der Waals surface area contributed by atoms with Crippen molar-refractivity contribution in [1.29, 1.82) is 0 Å². The predicted octanol–water partition coefficient (Wildman–Crippen LogP) is 5.80. The van der Waals surface area contributed by atoms with Crippen LogP contribution in [0.4, 0.5) is 0 Å². The van der Waals surface area contributed by atoms with Crippen molar-refractivity contribution in [3.05, 3.63) is 23.8 Å². The van der Waals surface area contributed by atoms with Crippen molar-refractivity contribution >= 4 is 11.8 Å². The van der Waals surface area contributed by atoms with Crippen LogP contribution in [0.15, 0.2) is 23.1 Å². The smallest absolute Gasteiger partial charge is 0.118 e. The minimum Gasteiger partial charge on any atom is -0.508 e. The Morgan fingerprint density at radius 3 is 2.47 bits per heavy atom. The molecule has 0 unspecified atom stereocenters. The van der Waals surface area contributed by atoms with Crippen LogP contribution in [0.2, 0.25) is 0 Å². The molecule has 0 saturated heterocycles. The normalized spacial score (nSPS) is 11.8. The van der Waals surface area contributed by atoms with Crippen LogP contribution in [-0.2, 0) is 6.42 Å². The number of phenolic OH excluding ortho intramolecular Hbond substituents is 1. The van der Waals surface area contributed by atoms with E-state index in [1.54, 1.807) is 0 Å². The molecule has 1 rings (SSSR count). The molecular weight excluding hydrogens is 252 g/mol. The summed E-state index contributed by atoms with van der Waals surface area (Å²) in [5.74, 6) is 0.440. The van der Waals surface area contributed by atoms with Crippen molar-refractivity contribution in [2.24, 2.45) is 0 Å². The fraction of sp³-hybridized carbons (Fsp3) is 0.647. The van der Waals surface area contributed by atoms with Crippen molar-refractivity contribution in [3.8, 4) is 5.75 Å². The average Bonchev–Trinajstić information content (AvgIpc) is 2.33. The monoisotopic (exact) mass is 280 g/mol. The number of rotatable bonds is 8. The fourth-order valence-electron chi connectivity index (χ4n) is 2.27. The quantitative estimate of drug-likeness (QED) is 0.480. The predicted molar refractivity (Wildman–Crippen MR) is 86.2 cm³/mol. The lowest BCUT2D eigenvalue weighted by Crippen LogP contribution is -2.14. The Morgan fingerprint density at radius 1 is 1.11 bits per heavy atom. The molecule has 0 aliphatic carbocycles. The van der Waals surface area contributed by atoms with E-state index in [9.17, 15) is 5.11 Å².